The fourth-order valence-corrected chi connectivity index (χ4v) is 1.96. The normalized spacial score (nSPS) is 29.9. The summed E-state index contributed by atoms with van der Waals surface area (Å²) in [6.45, 7) is -0.471. The average Bonchev–Trinajstić information content (AvgIpc) is 2.75. The monoisotopic (exact) mass is 314 g/mol. The largest absolute Gasteiger partial charge is 0.504 e. The van der Waals surface area contributed by atoms with Gasteiger partial charge in [0.25, 0.3) is 0 Å². The van der Waals surface area contributed by atoms with Crippen LogP contribution in [0.4, 0.5) is 0 Å². The lowest BCUT2D eigenvalue weighted by atomic mass is 10.1. The summed E-state index contributed by atoms with van der Waals surface area (Å²) in [5.41, 5.74) is 5.52. The highest BCUT2D eigenvalue weighted by Crippen LogP contribution is 2.31. The Labute approximate surface area is 125 Å². The van der Waals surface area contributed by atoms with Gasteiger partial charge in [-0.25, -0.2) is 4.99 Å². The van der Waals surface area contributed by atoms with E-state index in [1.165, 1.54) is 24.4 Å². The van der Waals surface area contributed by atoms with E-state index in [2.05, 4.69) is 4.99 Å². The highest BCUT2D eigenvalue weighted by molar-refractivity contribution is 5.80. The Hall–Kier alpha value is -1.75. The number of hydrogen-bond donors (Lipinski definition) is 6. The predicted molar refractivity (Wildman–Crippen MR) is 74.3 cm³/mol. The Kier molecular flexibility index (Phi) is 5.29. The Morgan fingerprint density at radius 1 is 1.36 bits per heavy atom. The highest BCUT2D eigenvalue weighted by atomic mass is 16.7. The molecule has 0 saturated carbocycles. The molecular formula is C13H18N2O7. The highest BCUT2D eigenvalue weighted by Gasteiger charge is 2.44. The maximum absolute atomic E-state index is 9.86. The third-order valence-electron chi connectivity index (χ3n) is 3.10. The van der Waals surface area contributed by atoms with E-state index in [1.54, 1.807) is 0 Å². The Balaban J connectivity index is 2.08. The molecule has 5 unspecified atom stereocenters. The summed E-state index contributed by atoms with van der Waals surface area (Å²) in [4.78, 5) is 3.54. The first-order valence-corrected chi connectivity index (χ1v) is 6.51. The molecule has 0 bridgehead atoms. The van der Waals surface area contributed by atoms with Crippen molar-refractivity contribution in [2.45, 2.75) is 31.0 Å². The van der Waals surface area contributed by atoms with Crippen molar-refractivity contribution in [3.63, 3.8) is 0 Å². The fraction of sp³-hybridized carbons (Fsp3) is 0.462. The van der Waals surface area contributed by atoms with E-state index in [0.717, 1.165) is 0 Å². The van der Waals surface area contributed by atoms with Crippen LogP contribution < -0.4 is 10.5 Å². The maximum atomic E-state index is 9.86. The second kappa shape index (κ2) is 7.01. The first-order valence-electron chi connectivity index (χ1n) is 6.51. The number of benzene rings is 1. The summed E-state index contributed by atoms with van der Waals surface area (Å²) in [5, 5.41) is 47.0. The molecule has 1 aromatic rings. The molecule has 1 heterocycles. The van der Waals surface area contributed by atoms with Gasteiger partial charge in [-0.2, -0.15) is 0 Å². The summed E-state index contributed by atoms with van der Waals surface area (Å²) in [6, 6.07) is 4.24. The van der Waals surface area contributed by atoms with Crippen LogP contribution in [0.1, 0.15) is 5.56 Å². The zero-order chi connectivity index (χ0) is 16.3. The molecule has 1 aliphatic heterocycles. The van der Waals surface area contributed by atoms with Crippen LogP contribution in [0.3, 0.4) is 0 Å². The van der Waals surface area contributed by atoms with E-state index in [9.17, 15) is 15.3 Å². The molecule has 0 aromatic heterocycles. The molecule has 7 N–H and O–H groups in total. The number of nitrogens with zero attached hydrogens (tertiary/aromatic N) is 1. The van der Waals surface area contributed by atoms with Crippen LogP contribution in [0.25, 0.3) is 0 Å². The van der Waals surface area contributed by atoms with E-state index in [4.69, 9.17) is 25.4 Å². The lowest BCUT2D eigenvalue weighted by molar-refractivity contribution is -0.117. The molecule has 9 heteroatoms. The van der Waals surface area contributed by atoms with Crippen molar-refractivity contribution in [3.8, 4) is 11.5 Å². The zero-order valence-electron chi connectivity index (χ0n) is 11.5. The summed E-state index contributed by atoms with van der Waals surface area (Å²) < 4.78 is 10.4. The Morgan fingerprint density at radius 2 is 2.09 bits per heavy atom. The molecule has 5 atom stereocenters. The second-order valence-corrected chi connectivity index (χ2v) is 4.74. The molecule has 0 amide bonds. The zero-order valence-corrected chi connectivity index (χ0v) is 11.5. The molecule has 22 heavy (non-hydrogen) atoms. The van der Waals surface area contributed by atoms with Crippen molar-refractivity contribution in [2.24, 2.45) is 10.7 Å². The molecule has 0 aliphatic carbocycles. The van der Waals surface area contributed by atoms with Gasteiger partial charge in [0.1, 0.15) is 18.3 Å². The minimum absolute atomic E-state index is 0.0142. The van der Waals surface area contributed by atoms with Crippen molar-refractivity contribution >= 4 is 6.21 Å². The van der Waals surface area contributed by atoms with Gasteiger partial charge >= 0.3 is 0 Å². The van der Waals surface area contributed by atoms with Crippen molar-refractivity contribution in [2.75, 3.05) is 6.61 Å². The summed E-state index contributed by atoms with van der Waals surface area (Å²) in [5.74, 6) is -0.242. The number of aliphatic imine (C=N–C) groups is 1. The predicted octanol–water partition coefficient (Wildman–Crippen LogP) is -2.14. The first-order chi connectivity index (χ1) is 10.4. The van der Waals surface area contributed by atoms with Crippen LogP contribution in [0, 0.1) is 0 Å². The SMILES string of the molecule is NC(O)/N=C/c1ccc(OC2OC(CO)C(O)C2O)c(O)c1. The molecule has 2 rings (SSSR count). The van der Waals surface area contributed by atoms with Gasteiger partial charge in [-0.1, -0.05) is 0 Å². The number of aromatic hydroxyl groups is 1. The number of aliphatic hydroxyl groups excluding tert-OH is 4. The van der Waals surface area contributed by atoms with E-state index < -0.39 is 37.6 Å². The summed E-state index contributed by atoms with van der Waals surface area (Å²) in [7, 11) is 0. The topological polar surface area (TPSA) is 158 Å². The van der Waals surface area contributed by atoms with E-state index in [1.807, 2.05) is 0 Å². The van der Waals surface area contributed by atoms with Crippen LogP contribution in [-0.2, 0) is 4.74 Å². The molecule has 122 valence electrons. The average molecular weight is 314 g/mol. The van der Waals surface area contributed by atoms with Gasteiger partial charge in [0.2, 0.25) is 6.29 Å². The molecule has 1 aliphatic rings. The van der Waals surface area contributed by atoms with Crippen molar-refractivity contribution in [1.82, 2.24) is 0 Å². The van der Waals surface area contributed by atoms with Crippen LogP contribution in [-0.4, -0.2) is 69.3 Å². The number of rotatable bonds is 5. The lowest BCUT2D eigenvalue weighted by Crippen LogP contribution is -2.35. The number of phenols is 1. The van der Waals surface area contributed by atoms with Crippen molar-refractivity contribution in [3.05, 3.63) is 23.8 Å². The lowest BCUT2D eigenvalue weighted by Gasteiger charge is -2.17. The van der Waals surface area contributed by atoms with Gasteiger partial charge in [0.15, 0.2) is 17.9 Å². The molecule has 1 fully saturated rings. The number of hydrogen-bond acceptors (Lipinski definition) is 9. The Bertz CT molecular complexity index is 537. The first kappa shape index (κ1) is 16.6. The summed E-state index contributed by atoms with van der Waals surface area (Å²) in [6.07, 6.45) is -4.90. The molecule has 0 radical (unpaired) electrons. The van der Waals surface area contributed by atoms with Gasteiger partial charge in [0.05, 0.1) is 6.61 Å². The number of aliphatic hydroxyl groups is 4. The van der Waals surface area contributed by atoms with Gasteiger partial charge < -0.3 is 35.0 Å². The summed E-state index contributed by atoms with van der Waals surface area (Å²) >= 11 is 0. The second-order valence-electron chi connectivity index (χ2n) is 4.74. The van der Waals surface area contributed by atoms with Crippen molar-refractivity contribution < 1.29 is 35.0 Å². The van der Waals surface area contributed by atoms with Gasteiger partial charge in [0, 0.05) is 6.21 Å². The van der Waals surface area contributed by atoms with E-state index in [0.29, 0.717) is 5.56 Å². The smallest absolute Gasteiger partial charge is 0.229 e. The number of phenolic OH excluding ortho intramolecular Hbond substituents is 1. The van der Waals surface area contributed by atoms with Crippen LogP contribution in [0.15, 0.2) is 23.2 Å². The maximum Gasteiger partial charge on any atom is 0.229 e. The van der Waals surface area contributed by atoms with Gasteiger partial charge in [-0.3, -0.25) is 5.73 Å². The van der Waals surface area contributed by atoms with Crippen LogP contribution >= 0.6 is 0 Å². The van der Waals surface area contributed by atoms with E-state index >= 15 is 0 Å². The quantitative estimate of drug-likeness (QED) is 0.265. The number of nitrogens with two attached hydrogens (primary N) is 1. The Morgan fingerprint density at radius 3 is 2.64 bits per heavy atom. The molecule has 1 saturated heterocycles. The molecule has 0 spiro atoms. The number of ether oxygens (including phenoxy) is 2. The third-order valence-corrected chi connectivity index (χ3v) is 3.10. The van der Waals surface area contributed by atoms with Crippen LogP contribution in [0.2, 0.25) is 0 Å². The standard InChI is InChI=1S/C13H18N2O7/c14-13(20)15-4-6-1-2-8(7(17)3-6)21-12-11(19)10(18)9(5-16)22-12/h1-4,9-13,16-20H,5,14H2/b15-4+. The van der Waals surface area contributed by atoms with E-state index in [-0.39, 0.29) is 11.5 Å². The fourth-order valence-electron chi connectivity index (χ4n) is 1.96. The molecule has 1 aromatic carbocycles. The van der Waals surface area contributed by atoms with Gasteiger partial charge in [-0.05, 0) is 23.8 Å². The van der Waals surface area contributed by atoms with Crippen LogP contribution in [0.5, 0.6) is 11.5 Å². The minimum atomic E-state index is -1.36. The minimum Gasteiger partial charge on any atom is -0.504 e. The van der Waals surface area contributed by atoms with Crippen molar-refractivity contribution in [1.29, 1.82) is 0 Å². The van der Waals surface area contributed by atoms with Gasteiger partial charge in [-0.15, -0.1) is 0 Å². The molecule has 9 nitrogen and oxygen atoms in total. The third kappa shape index (κ3) is 3.71. The molecular weight excluding hydrogens is 296 g/mol.